The van der Waals surface area contributed by atoms with Crippen LogP contribution in [0.15, 0.2) is 0 Å². The van der Waals surface area contributed by atoms with Gasteiger partial charge in [0.05, 0.1) is 12.6 Å². The molecule has 1 fully saturated rings. The van der Waals surface area contributed by atoms with Crippen LogP contribution in [0.25, 0.3) is 0 Å². The zero-order chi connectivity index (χ0) is 13.4. The minimum atomic E-state index is -0.880. The quantitative estimate of drug-likeness (QED) is 0.592. The second kappa shape index (κ2) is 7.65. The molecule has 0 aromatic rings. The summed E-state index contributed by atoms with van der Waals surface area (Å²) in [6, 6.07) is -0.557. The fraction of sp³-hybridized carbons (Fsp3) is 0.727. The molecule has 0 aromatic carbocycles. The Balaban J connectivity index is 2.07. The van der Waals surface area contributed by atoms with Crippen molar-refractivity contribution in [2.45, 2.75) is 38.1 Å². The topological polar surface area (TPSA) is 105 Å². The number of nitrogens with one attached hydrogen (secondary N) is 2. The number of carbonyl (C=O) groups is 3. The van der Waals surface area contributed by atoms with Gasteiger partial charge in [-0.3, -0.25) is 14.9 Å². The van der Waals surface area contributed by atoms with Crippen LogP contribution in [-0.4, -0.2) is 42.3 Å². The summed E-state index contributed by atoms with van der Waals surface area (Å²) in [7, 11) is 0. The van der Waals surface area contributed by atoms with Crippen LogP contribution in [-0.2, 0) is 14.3 Å². The lowest BCUT2D eigenvalue weighted by atomic mass is 10.2. The molecule has 1 rings (SSSR count). The molecule has 0 spiro atoms. The van der Waals surface area contributed by atoms with Crippen LogP contribution in [0.1, 0.15) is 32.1 Å². The first-order chi connectivity index (χ1) is 8.58. The smallest absolute Gasteiger partial charge is 0.321 e. The Kier molecular flexibility index (Phi) is 6.13. The van der Waals surface area contributed by atoms with E-state index in [1.165, 1.54) is 0 Å². The van der Waals surface area contributed by atoms with E-state index in [9.17, 15) is 14.4 Å². The van der Waals surface area contributed by atoms with E-state index in [4.69, 9.17) is 9.84 Å². The normalized spacial score (nSPS) is 18.3. The van der Waals surface area contributed by atoms with E-state index < -0.39 is 17.9 Å². The Bertz CT molecular complexity index is 313. The second-order valence-corrected chi connectivity index (χ2v) is 4.18. The molecule has 3 N–H and O–H groups in total. The zero-order valence-electron chi connectivity index (χ0n) is 10.1. The average Bonchev–Trinajstić information content (AvgIpc) is 2.76. The molecular formula is C11H18N2O5. The summed E-state index contributed by atoms with van der Waals surface area (Å²) in [5.41, 5.74) is 0. The van der Waals surface area contributed by atoms with Gasteiger partial charge in [-0.05, 0) is 19.3 Å². The zero-order valence-corrected chi connectivity index (χ0v) is 10.1. The highest BCUT2D eigenvalue weighted by molar-refractivity contribution is 5.94. The van der Waals surface area contributed by atoms with Crippen LogP contribution in [0.2, 0.25) is 0 Å². The number of imide groups is 1. The van der Waals surface area contributed by atoms with Crippen LogP contribution < -0.4 is 10.6 Å². The Hall–Kier alpha value is -1.63. The molecule has 18 heavy (non-hydrogen) atoms. The number of amides is 3. The number of rotatable bonds is 6. The lowest BCUT2D eigenvalue weighted by Gasteiger charge is -2.10. The number of aliphatic carboxylic acids is 1. The number of hydrogen-bond acceptors (Lipinski definition) is 4. The van der Waals surface area contributed by atoms with Crippen molar-refractivity contribution in [1.82, 2.24) is 10.6 Å². The molecule has 1 unspecified atom stereocenters. The minimum Gasteiger partial charge on any atom is -0.481 e. The number of carboxylic acids is 1. The number of ether oxygens (including phenoxy) is 1. The van der Waals surface area contributed by atoms with Crippen molar-refractivity contribution in [3.05, 3.63) is 0 Å². The van der Waals surface area contributed by atoms with Crippen molar-refractivity contribution < 1.29 is 24.2 Å². The number of carboxylic acid groups (broad SMARTS) is 1. The van der Waals surface area contributed by atoms with Crippen LogP contribution in [0.4, 0.5) is 4.79 Å². The molecule has 0 aromatic heterocycles. The largest absolute Gasteiger partial charge is 0.481 e. The lowest BCUT2D eigenvalue weighted by Crippen LogP contribution is -2.44. The number of unbranched alkanes of at least 4 members (excludes halogenated alkanes) is 1. The molecule has 3 amide bonds. The maximum absolute atomic E-state index is 11.4. The van der Waals surface area contributed by atoms with Crippen molar-refractivity contribution in [2.75, 3.05) is 13.2 Å². The number of urea groups is 1. The van der Waals surface area contributed by atoms with Crippen LogP contribution >= 0.6 is 0 Å². The first-order valence-electron chi connectivity index (χ1n) is 5.98. The molecule has 7 nitrogen and oxygen atoms in total. The van der Waals surface area contributed by atoms with Gasteiger partial charge in [-0.25, -0.2) is 4.79 Å². The molecule has 1 atom stereocenters. The number of hydrogen-bond donors (Lipinski definition) is 3. The highest BCUT2D eigenvalue weighted by Gasteiger charge is 2.18. The van der Waals surface area contributed by atoms with Gasteiger partial charge < -0.3 is 15.2 Å². The van der Waals surface area contributed by atoms with Gasteiger partial charge in [0, 0.05) is 19.4 Å². The highest BCUT2D eigenvalue weighted by Crippen LogP contribution is 2.03. The van der Waals surface area contributed by atoms with Gasteiger partial charge >= 0.3 is 12.0 Å². The Morgan fingerprint density at radius 1 is 1.22 bits per heavy atom. The van der Waals surface area contributed by atoms with Gasteiger partial charge in [-0.1, -0.05) is 0 Å². The van der Waals surface area contributed by atoms with E-state index in [0.717, 1.165) is 6.42 Å². The molecule has 1 saturated heterocycles. The Morgan fingerprint density at radius 3 is 2.56 bits per heavy atom. The molecule has 1 heterocycles. The predicted octanol–water partition coefficient (Wildman–Crippen LogP) is 0.246. The first-order valence-corrected chi connectivity index (χ1v) is 5.98. The van der Waals surface area contributed by atoms with Gasteiger partial charge in [0.25, 0.3) is 0 Å². The lowest BCUT2D eigenvalue weighted by molar-refractivity contribution is -0.137. The molecular weight excluding hydrogens is 240 g/mol. The molecule has 1 aliphatic rings. The van der Waals surface area contributed by atoms with E-state index in [0.29, 0.717) is 26.1 Å². The molecule has 102 valence electrons. The summed E-state index contributed by atoms with van der Waals surface area (Å²) >= 11 is 0. The SMILES string of the molecule is O=C(O)CCCCC(=O)NC(=O)NC1CCOC1. The van der Waals surface area contributed by atoms with Gasteiger partial charge in [-0.2, -0.15) is 0 Å². The first kappa shape index (κ1) is 14.4. The third-order valence-electron chi connectivity index (χ3n) is 2.56. The van der Waals surface area contributed by atoms with Crippen molar-refractivity contribution in [1.29, 1.82) is 0 Å². The third kappa shape index (κ3) is 6.19. The van der Waals surface area contributed by atoms with E-state index >= 15 is 0 Å². The highest BCUT2D eigenvalue weighted by atomic mass is 16.5. The van der Waals surface area contributed by atoms with E-state index in [2.05, 4.69) is 10.6 Å². The Morgan fingerprint density at radius 2 is 1.94 bits per heavy atom. The summed E-state index contributed by atoms with van der Waals surface area (Å²) in [5.74, 6) is -1.27. The maximum Gasteiger partial charge on any atom is 0.321 e. The van der Waals surface area contributed by atoms with Gasteiger partial charge in [0.15, 0.2) is 0 Å². The summed E-state index contributed by atoms with van der Waals surface area (Å²) < 4.78 is 5.08. The second-order valence-electron chi connectivity index (χ2n) is 4.18. The maximum atomic E-state index is 11.4. The molecule has 0 radical (unpaired) electrons. The van der Waals surface area contributed by atoms with E-state index in [1.807, 2.05) is 0 Å². The van der Waals surface area contributed by atoms with Crippen molar-refractivity contribution in [2.24, 2.45) is 0 Å². The third-order valence-corrected chi connectivity index (χ3v) is 2.56. The number of carbonyl (C=O) groups excluding carboxylic acids is 2. The van der Waals surface area contributed by atoms with Crippen LogP contribution in [0.5, 0.6) is 0 Å². The Labute approximate surface area is 105 Å². The minimum absolute atomic E-state index is 0.0372. The van der Waals surface area contributed by atoms with E-state index in [-0.39, 0.29) is 18.9 Å². The van der Waals surface area contributed by atoms with Gasteiger partial charge in [-0.15, -0.1) is 0 Å². The van der Waals surface area contributed by atoms with Gasteiger partial charge in [0.2, 0.25) is 5.91 Å². The summed E-state index contributed by atoms with van der Waals surface area (Å²) in [5, 5.41) is 13.2. The predicted molar refractivity (Wildman–Crippen MR) is 62.0 cm³/mol. The standard InChI is InChI=1S/C11H18N2O5/c14-9(3-1-2-4-10(15)16)13-11(17)12-8-5-6-18-7-8/h8H,1-7H2,(H,15,16)(H2,12,13,14,17). The fourth-order valence-corrected chi connectivity index (χ4v) is 1.62. The van der Waals surface area contributed by atoms with Gasteiger partial charge in [0.1, 0.15) is 0 Å². The summed E-state index contributed by atoms with van der Waals surface area (Å²) in [4.78, 5) is 32.9. The molecule has 7 heteroatoms. The average molecular weight is 258 g/mol. The molecule has 1 aliphatic heterocycles. The van der Waals surface area contributed by atoms with Crippen LogP contribution in [0, 0.1) is 0 Å². The van der Waals surface area contributed by atoms with Crippen molar-refractivity contribution in [3.63, 3.8) is 0 Å². The monoisotopic (exact) mass is 258 g/mol. The fourth-order valence-electron chi connectivity index (χ4n) is 1.62. The van der Waals surface area contributed by atoms with Crippen LogP contribution in [0.3, 0.4) is 0 Å². The van der Waals surface area contributed by atoms with Crippen molar-refractivity contribution >= 4 is 17.9 Å². The molecule has 0 bridgehead atoms. The van der Waals surface area contributed by atoms with E-state index in [1.54, 1.807) is 0 Å². The molecule has 0 saturated carbocycles. The summed E-state index contributed by atoms with van der Waals surface area (Å²) in [6.45, 7) is 1.09. The van der Waals surface area contributed by atoms with Crippen molar-refractivity contribution in [3.8, 4) is 0 Å². The summed E-state index contributed by atoms with van der Waals surface area (Å²) in [6.07, 6.45) is 1.83. The molecule has 0 aliphatic carbocycles.